The predicted molar refractivity (Wildman–Crippen MR) is 61.4 cm³/mol. The number of hydrogen-bond donors (Lipinski definition) is 1. The maximum absolute atomic E-state index is 11.9. The highest BCUT2D eigenvalue weighted by Crippen LogP contribution is 2.18. The van der Waals surface area contributed by atoms with Gasteiger partial charge in [0, 0.05) is 5.54 Å². The van der Waals surface area contributed by atoms with E-state index in [0.717, 1.165) is 0 Å². The van der Waals surface area contributed by atoms with Crippen molar-refractivity contribution in [3.8, 4) is 0 Å². The van der Waals surface area contributed by atoms with Crippen LogP contribution in [0.15, 0.2) is 29.3 Å². The molecule has 1 aromatic rings. The second-order valence-corrected chi connectivity index (χ2v) is 4.42. The van der Waals surface area contributed by atoms with E-state index < -0.39 is 0 Å². The normalized spacial score (nSPS) is 10.4. The van der Waals surface area contributed by atoms with Crippen molar-refractivity contribution >= 4 is 17.7 Å². The van der Waals surface area contributed by atoms with E-state index in [1.54, 1.807) is 24.3 Å². The first-order valence-corrected chi connectivity index (χ1v) is 4.93. The van der Waals surface area contributed by atoms with Gasteiger partial charge in [0.2, 0.25) is 6.08 Å². The quantitative estimate of drug-likeness (QED) is 0.611. The lowest BCUT2D eigenvalue weighted by atomic mass is 10.1. The van der Waals surface area contributed by atoms with E-state index >= 15 is 0 Å². The average Bonchev–Trinajstić information content (AvgIpc) is 2.16. The van der Waals surface area contributed by atoms with E-state index in [4.69, 9.17) is 0 Å². The van der Waals surface area contributed by atoms with Crippen molar-refractivity contribution < 1.29 is 9.59 Å². The molecule has 0 unspecified atom stereocenters. The summed E-state index contributed by atoms with van der Waals surface area (Å²) < 4.78 is 0. The third-order valence-corrected chi connectivity index (χ3v) is 1.80. The Kier molecular flexibility index (Phi) is 3.59. The Morgan fingerprint density at radius 1 is 1.31 bits per heavy atom. The van der Waals surface area contributed by atoms with Gasteiger partial charge in [0.25, 0.3) is 5.91 Å². The van der Waals surface area contributed by atoms with Crippen LogP contribution in [0.25, 0.3) is 0 Å². The molecule has 0 aliphatic rings. The number of para-hydroxylation sites is 1. The van der Waals surface area contributed by atoms with Gasteiger partial charge in [-0.3, -0.25) is 4.79 Å². The van der Waals surface area contributed by atoms with E-state index in [9.17, 15) is 9.59 Å². The van der Waals surface area contributed by atoms with E-state index in [1.807, 2.05) is 20.8 Å². The molecule has 84 valence electrons. The smallest absolute Gasteiger partial charge is 0.253 e. The van der Waals surface area contributed by atoms with Crippen LogP contribution >= 0.6 is 0 Å². The van der Waals surface area contributed by atoms with Gasteiger partial charge in [-0.2, -0.15) is 4.99 Å². The molecule has 0 bridgehead atoms. The zero-order valence-corrected chi connectivity index (χ0v) is 9.57. The van der Waals surface area contributed by atoms with Gasteiger partial charge in [0.15, 0.2) is 0 Å². The first kappa shape index (κ1) is 12.1. The topological polar surface area (TPSA) is 58.5 Å². The van der Waals surface area contributed by atoms with Crippen LogP contribution in [0.3, 0.4) is 0 Å². The molecule has 16 heavy (non-hydrogen) atoms. The Labute approximate surface area is 94.4 Å². The summed E-state index contributed by atoms with van der Waals surface area (Å²) in [4.78, 5) is 25.6. The number of carbonyl (C=O) groups is 1. The monoisotopic (exact) mass is 218 g/mol. The minimum atomic E-state index is -0.324. The van der Waals surface area contributed by atoms with Gasteiger partial charge in [-0.15, -0.1) is 0 Å². The molecule has 1 N–H and O–H groups in total. The minimum Gasteiger partial charge on any atom is -0.347 e. The van der Waals surface area contributed by atoms with Gasteiger partial charge in [-0.1, -0.05) is 12.1 Å². The summed E-state index contributed by atoms with van der Waals surface area (Å²) in [5, 5.41) is 2.81. The SMILES string of the molecule is CC(C)(C)NC(=O)c1ccccc1N=C=O. The molecular weight excluding hydrogens is 204 g/mol. The lowest BCUT2D eigenvalue weighted by Crippen LogP contribution is -2.40. The fraction of sp³-hybridized carbons (Fsp3) is 0.333. The summed E-state index contributed by atoms with van der Waals surface area (Å²) in [6.07, 6.45) is 1.44. The molecule has 0 spiro atoms. The van der Waals surface area contributed by atoms with Gasteiger partial charge in [0.1, 0.15) is 0 Å². The van der Waals surface area contributed by atoms with Crippen LogP contribution in [0.2, 0.25) is 0 Å². The highest BCUT2D eigenvalue weighted by molar-refractivity contribution is 5.99. The van der Waals surface area contributed by atoms with Crippen LogP contribution in [0.5, 0.6) is 0 Å². The fourth-order valence-corrected chi connectivity index (χ4v) is 1.22. The molecule has 1 amide bonds. The van der Waals surface area contributed by atoms with Crippen molar-refractivity contribution in [3.05, 3.63) is 29.8 Å². The molecule has 0 aliphatic heterocycles. The van der Waals surface area contributed by atoms with Crippen LogP contribution in [0, 0.1) is 0 Å². The third kappa shape index (κ3) is 3.33. The largest absolute Gasteiger partial charge is 0.347 e. The molecule has 0 aliphatic carbocycles. The number of amides is 1. The maximum atomic E-state index is 11.9. The van der Waals surface area contributed by atoms with Gasteiger partial charge in [0.05, 0.1) is 11.3 Å². The van der Waals surface area contributed by atoms with Crippen molar-refractivity contribution in [2.45, 2.75) is 26.3 Å². The molecular formula is C12H14N2O2. The van der Waals surface area contributed by atoms with Crippen molar-refractivity contribution in [2.75, 3.05) is 0 Å². The summed E-state index contributed by atoms with van der Waals surface area (Å²) in [6.45, 7) is 5.66. The van der Waals surface area contributed by atoms with Crippen LogP contribution in [-0.2, 0) is 4.79 Å². The van der Waals surface area contributed by atoms with Crippen molar-refractivity contribution in [1.82, 2.24) is 5.32 Å². The first-order chi connectivity index (χ1) is 7.44. The molecule has 4 heteroatoms. The second kappa shape index (κ2) is 4.73. The summed E-state index contributed by atoms with van der Waals surface area (Å²) in [6, 6.07) is 6.66. The standard InChI is InChI=1S/C12H14N2O2/c1-12(2,3)14-11(16)9-6-4-5-7-10(9)13-8-15/h4-7H,1-3H3,(H,14,16). The van der Waals surface area contributed by atoms with Crippen molar-refractivity contribution in [3.63, 3.8) is 0 Å². The molecule has 0 aromatic heterocycles. The van der Waals surface area contributed by atoms with E-state index in [2.05, 4.69) is 10.3 Å². The zero-order chi connectivity index (χ0) is 12.2. The number of aliphatic imine (C=N–C) groups is 1. The highest BCUT2D eigenvalue weighted by atomic mass is 16.1. The Hall–Kier alpha value is -1.93. The van der Waals surface area contributed by atoms with E-state index in [0.29, 0.717) is 11.3 Å². The summed E-state index contributed by atoms with van der Waals surface area (Å²) in [7, 11) is 0. The Morgan fingerprint density at radius 3 is 2.50 bits per heavy atom. The number of nitrogens with zero attached hydrogens (tertiary/aromatic N) is 1. The summed E-state index contributed by atoms with van der Waals surface area (Å²) in [5.41, 5.74) is 0.384. The Bertz CT molecular complexity index is 441. The molecule has 0 saturated carbocycles. The number of rotatable bonds is 2. The molecule has 0 fully saturated rings. The Balaban J connectivity index is 3.04. The fourth-order valence-electron chi connectivity index (χ4n) is 1.22. The first-order valence-electron chi connectivity index (χ1n) is 4.93. The molecule has 0 heterocycles. The number of isocyanates is 1. The average molecular weight is 218 g/mol. The van der Waals surface area contributed by atoms with Crippen LogP contribution in [0.1, 0.15) is 31.1 Å². The second-order valence-electron chi connectivity index (χ2n) is 4.42. The molecule has 1 rings (SSSR count). The van der Waals surface area contributed by atoms with E-state index in [-0.39, 0.29) is 11.4 Å². The molecule has 0 atom stereocenters. The number of nitrogens with one attached hydrogen (secondary N) is 1. The molecule has 0 radical (unpaired) electrons. The van der Waals surface area contributed by atoms with Gasteiger partial charge in [-0.25, -0.2) is 4.79 Å². The van der Waals surface area contributed by atoms with Gasteiger partial charge >= 0.3 is 0 Å². The number of hydrogen-bond acceptors (Lipinski definition) is 3. The highest BCUT2D eigenvalue weighted by Gasteiger charge is 2.17. The third-order valence-electron chi connectivity index (χ3n) is 1.80. The molecule has 1 aromatic carbocycles. The predicted octanol–water partition coefficient (Wildman–Crippen LogP) is 2.18. The van der Waals surface area contributed by atoms with Crippen LogP contribution < -0.4 is 5.32 Å². The Morgan fingerprint density at radius 2 is 1.94 bits per heavy atom. The van der Waals surface area contributed by atoms with Gasteiger partial charge in [-0.05, 0) is 32.9 Å². The van der Waals surface area contributed by atoms with Crippen molar-refractivity contribution in [1.29, 1.82) is 0 Å². The van der Waals surface area contributed by atoms with Crippen LogP contribution in [-0.4, -0.2) is 17.5 Å². The lowest BCUT2D eigenvalue weighted by Gasteiger charge is -2.20. The number of carbonyl (C=O) groups excluding carboxylic acids is 2. The van der Waals surface area contributed by atoms with Gasteiger partial charge < -0.3 is 5.32 Å². The zero-order valence-electron chi connectivity index (χ0n) is 9.57. The maximum Gasteiger partial charge on any atom is 0.253 e. The molecule has 4 nitrogen and oxygen atoms in total. The lowest BCUT2D eigenvalue weighted by molar-refractivity contribution is 0.0920. The number of benzene rings is 1. The minimum absolute atomic E-state index is 0.248. The molecule has 0 saturated heterocycles. The summed E-state index contributed by atoms with van der Waals surface area (Å²) >= 11 is 0. The van der Waals surface area contributed by atoms with Crippen molar-refractivity contribution in [2.24, 2.45) is 4.99 Å². The van der Waals surface area contributed by atoms with E-state index in [1.165, 1.54) is 6.08 Å². The van der Waals surface area contributed by atoms with Crippen LogP contribution in [0.4, 0.5) is 5.69 Å². The summed E-state index contributed by atoms with van der Waals surface area (Å²) in [5.74, 6) is -0.248.